The van der Waals surface area contributed by atoms with Crippen molar-refractivity contribution < 1.29 is 9.59 Å². The number of imidazole rings is 1. The third-order valence-electron chi connectivity index (χ3n) is 5.14. The maximum atomic E-state index is 12.7. The number of hydrogen-bond donors (Lipinski definition) is 0. The van der Waals surface area contributed by atoms with E-state index in [1.165, 1.54) is 0 Å². The molecule has 2 aliphatic rings. The second kappa shape index (κ2) is 7.15. The molecule has 3 heterocycles. The van der Waals surface area contributed by atoms with Gasteiger partial charge in [0, 0.05) is 51.4 Å². The smallest absolute Gasteiger partial charge is 0.224 e. The number of hydrogen-bond acceptors (Lipinski definition) is 3. The van der Waals surface area contributed by atoms with Gasteiger partial charge in [-0.15, -0.1) is 0 Å². The molecule has 0 spiro atoms. The maximum absolute atomic E-state index is 12.7. The van der Waals surface area contributed by atoms with Crippen molar-refractivity contribution in [3.8, 4) is 0 Å². The van der Waals surface area contributed by atoms with E-state index >= 15 is 0 Å². The summed E-state index contributed by atoms with van der Waals surface area (Å²) >= 11 is 0. The van der Waals surface area contributed by atoms with Crippen LogP contribution in [0.5, 0.6) is 0 Å². The van der Waals surface area contributed by atoms with Crippen LogP contribution in [0.15, 0.2) is 18.7 Å². The highest BCUT2D eigenvalue weighted by molar-refractivity contribution is 5.79. The van der Waals surface area contributed by atoms with Crippen molar-refractivity contribution in [2.24, 2.45) is 0 Å². The number of amides is 2. The summed E-state index contributed by atoms with van der Waals surface area (Å²) in [5.74, 6) is 0.283. The summed E-state index contributed by atoms with van der Waals surface area (Å²) in [4.78, 5) is 32.4. The van der Waals surface area contributed by atoms with Gasteiger partial charge in [0.25, 0.3) is 0 Å². The molecule has 2 atom stereocenters. The second-order valence-electron chi connectivity index (χ2n) is 6.71. The SMILES string of the molecule is CC(=O)N1CCCC[C@@H]1CC(=O)N1CCC[C@@H](n2ccnc2)C1. The predicted octanol–water partition coefficient (Wildman–Crippen LogP) is 1.84. The van der Waals surface area contributed by atoms with Crippen molar-refractivity contribution in [2.75, 3.05) is 19.6 Å². The third-order valence-corrected chi connectivity index (χ3v) is 5.14. The van der Waals surface area contributed by atoms with Crippen LogP contribution in [0.3, 0.4) is 0 Å². The molecule has 1 aromatic rings. The van der Waals surface area contributed by atoms with Crippen molar-refractivity contribution >= 4 is 11.8 Å². The molecular formula is C17H26N4O2. The largest absolute Gasteiger partial charge is 0.341 e. The molecule has 2 saturated heterocycles. The molecular weight excluding hydrogens is 292 g/mol. The lowest BCUT2D eigenvalue weighted by molar-refractivity contribution is -0.138. The fourth-order valence-electron chi connectivity index (χ4n) is 3.87. The standard InChI is InChI=1S/C17H26N4O2/c1-14(22)21-9-3-2-5-15(21)11-17(23)19-8-4-6-16(12-19)20-10-7-18-13-20/h7,10,13,15-16H,2-6,8-9,11-12H2,1H3/t15-,16-/m1/s1. The first-order valence-electron chi connectivity index (χ1n) is 8.67. The van der Waals surface area contributed by atoms with E-state index in [2.05, 4.69) is 9.55 Å². The first-order valence-corrected chi connectivity index (χ1v) is 8.67. The fraction of sp³-hybridized carbons (Fsp3) is 0.706. The van der Waals surface area contributed by atoms with Crippen LogP contribution in [0.2, 0.25) is 0 Å². The molecule has 6 heteroatoms. The zero-order valence-corrected chi connectivity index (χ0v) is 13.9. The Labute approximate surface area is 137 Å². The van der Waals surface area contributed by atoms with Gasteiger partial charge in [-0.3, -0.25) is 9.59 Å². The van der Waals surface area contributed by atoms with E-state index in [9.17, 15) is 9.59 Å². The van der Waals surface area contributed by atoms with Gasteiger partial charge in [-0.05, 0) is 32.1 Å². The second-order valence-corrected chi connectivity index (χ2v) is 6.71. The Balaban J connectivity index is 1.60. The minimum absolute atomic E-state index is 0.0855. The van der Waals surface area contributed by atoms with E-state index in [4.69, 9.17) is 0 Å². The van der Waals surface area contributed by atoms with E-state index in [-0.39, 0.29) is 17.9 Å². The van der Waals surface area contributed by atoms with Crippen LogP contribution in [-0.4, -0.2) is 56.8 Å². The van der Waals surface area contributed by atoms with E-state index in [0.717, 1.165) is 51.7 Å². The van der Waals surface area contributed by atoms with Crippen molar-refractivity contribution in [1.29, 1.82) is 0 Å². The molecule has 0 saturated carbocycles. The molecule has 23 heavy (non-hydrogen) atoms. The highest BCUT2D eigenvalue weighted by atomic mass is 16.2. The van der Waals surface area contributed by atoms with Crippen LogP contribution in [0.1, 0.15) is 51.5 Å². The average Bonchev–Trinajstić information content (AvgIpc) is 3.10. The minimum Gasteiger partial charge on any atom is -0.341 e. The minimum atomic E-state index is 0.0855. The van der Waals surface area contributed by atoms with Crippen molar-refractivity contribution in [3.05, 3.63) is 18.7 Å². The highest BCUT2D eigenvalue weighted by Gasteiger charge is 2.30. The van der Waals surface area contributed by atoms with Gasteiger partial charge in [0.05, 0.1) is 12.4 Å². The van der Waals surface area contributed by atoms with E-state index in [1.807, 2.05) is 22.3 Å². The van der Waals surface area contributed by atoms with Crippen LogP contribution in [0, 0.1) is 0 Å². The van der Waals surface area contributed by atoms with Crippen LogP contribution < -0.4 is 0 Å². The molecule has 6 nitrogen and oxygen atoms in total. The van der Waals surface area contributed by atoms with E-state index in [1.54, 1.807) is 13.1 Å². The lowest BCUT2D eigenvalue weighted by Gasteiger charge is -2.38. The molecule has 0 radical (unpaired) electrons. The van der Waals surface area contributed by atoms with Crippen molar-refractivity contribution in [2.45, 2.75) is 57.5 Å². The van der Waals surface area contributed by atoms with Crippen LogP contribution in [0.4, 0.5) is 0 Å². The summed E-state index contributed by atoms with van der Waals surface area (Å²) < 4.78 is 2.10. The number of rotatable bonds is 3. The lowest BCUT2D eigenvalue weighted by atomic mass is 9.97. The Hall–Kier alpha value is -1.85. The summed E-state index contributed by atoms with van der Waals surface area (Å²) in [5, 5.41) is 0. The van der Waals surface area contributed by atoms with Gasteiger partial charge < -0.3 is 14.4 Å². The Morgan fingerprint density at radius 2 is 2.04 bits per heavy atom. The number of carbonyl (C=O) groups is 2. The molecule has 0 N–H and O–H groups in total. The first-order chi connectivity index (χ1) is 11.1. The topological polar surface area (TPSA) is 58.4 Å². The van der Waals surface area contributed by atoms with Crippen LogP contribution >= 0.6 is 0 Å². The molecule has 3 rings (SSSR count). The molecule has 0 bridgehead atoms. The summed E-state index contributed by atoms with van der Waals surface area (Å²) in [6.45, 7) is 3.99. The van der Waals surface area contributed by atoms with Crippen molar-refractivity contribution in [1.82, 2.24) is 19.4 Å². The third kappa shape index (κ3) is 3.74. The number of aromatic nitrogens is 2. The van der Waals surface area contributed by atoms with Gasteiger partial charge in [0.1, 0.15) is 0 Å². The monoisotopic (exact) mass is 318 g/mol. The fourth-order valence-corrected chi connectivity index (χ4v) is 3.87. The summed E-state index contributed by atoms with van der Waals surface area (Å²) in [6.07, 6.45) is 11.3. The van der Waals surface area contributed by atoms with Gasteiger partial charge in [0.2, 0.25) is 11.8 Å². The Bertz CT molecular complexity index is 543. The number of piperidine rings is 2. The predicted molar refractivity (Wildman–Crippen MR) is 86.7 cm³/mol. The Morgan fingerprint density at radius 1 is 1.17 bits per heavy atom. The van der Waals surface area contributed by atoms with Gasteiger partial charge in [-0.25, -0.2) is 4.98 Å². The van der Waals surface area contributed by atoms with Gasteiger partial charge >= 0.3 is 0 Å². The zero-order valence-electron chi connectivity index (χ0n) is 13.9. The summed E-state index contributed by atoms with van der Waals surface area (Å²) in [7, 11) is 0. The van der Waals surface area contributed by atoms with E-state index < -0.39 is 0 Å². The number of likely N-dealkylation sites (tertiary alicyclic amines) is 2. The number of carbonyl (C=O) groups excluding carboxylic acids is 2. The average molecular weight is 318 g/mol. The van der Waals surface area contributed by atoms with Crippen LogP contribution in [-0.2, 0) is 9.59 Å². The van der Waals surface area contributed by atoms with Crippen LogP contribution in [0.25, 0.3) is 0 Å². The quantitative estimate of drug-likeness (QED) is 0.854. The molecule has 2 aliphatic heterocycles. The molecule has 2 amide bonds. The lowest BCUT2D eigenvalue weighted by Crippen LogP contribution is -2.47. The zero-order chi connectivity index (χ0) is 16.2. The van der Waals surface area contributed by atoms with Gasteiger partial charge in [-0.1, -0.05) is 0 Å². The van der Waals surface area contributed by atoms with Gasteiger partial charge in [0.15, 0.2) is 0 Å². The van der Waals surface area contributed by atoms with E-state index in [0.29, 0.717) is 12.5 Å². The van der Waals surface area contributed by atoms with Gasteiger partial charge in [-0.2, -0.15) is 0 Å². The molecule has 2 fully saturated rings. The molecule has 0 aliphatic carbocycles. The summed E-state index contributed by atoms with van der Waals surface area (Å²) in [5.41, 5.74) is 0. The van der Waals surface area contributed by atoms with Crippen molar-refractivity contribution in [3.63, 3.8) is 0 Å². The summed E-state index contributed by atoms with van der Waals surface area (Å²) in [6, 6.07) is 0.410. The molecule has 1 aromatic heterocycles. The Morgan fingerprint density at radius 3 is 2.78 bits per heavy atom. The molecule has 0 aromatic carbocycles. The normalized spacial score (nSPS) is 25.4. The molecule has 0 unspecified atom stereocenters. The maximum Gasteiger partial charge on any atom is 0.224 e. The first kappa shape index (κ1) is 16.0. The highest BCUT2D eigenvalue weighted by Crippen LogP contribution is 2.24. The molecule has 126 valence electrons. The number of nitrogens with zero attached hydrogens (tertiary/aromatic N) is 4. The Kier molecular flexibility index (Phi) is 4.98.